The quantitative estimate of drug-likeness (QED) is 0.678. The number of nitrogens with one attached hydrogen (secondary N) is 1. The van der Waals surface area contributed by atoms with Crippen molar-refractivity contribution in [3.63, 3.8) is 0 Å². The lowest BCUT2D eigenvalue weighted by molar-refractivity contribution is 0.143. The lowest BCUT2D eigenvalue weighted by atomic mass is 9.77. The predicted molar refractivity (Wildman–Crippen MR) is 125 cm³/mol. The first kappa shape index (κ1) is 22.0. The molecule has 2 aromatic rings. The van der Waals surface area contributed by atoms with Crippen LogP contribution in [0.15, 0.2) is 17.3 Å². The molecule has 1 saturated heterocycles. The van der Waals surface area contributed by atoms with Crippen LogP contribution in [0, 0.1) is 0 Å². The van der Waals surface area contributed by atoms with Crippen molar-refractivity contribution < 1.29 is 9.32 Å². The summed E-state index contributed by atoms with van der Waals surface area (Å²) in [6.07, 6.45) is 10.8. The van der Waals surface area contributed by atoms with Gasteiger partial charge in [0.05, 0.1) is 33.7 Å². The number of hydrogen-bond donors (Lipinski definition) is 2. The molecule has 4 heterocycles. The minimum atomic E-state index is -1.11. The van der Waals surface area contributed by atoms with Crippen LogP contribution in [0.25, 0.3) is 0 Å². The zero-order chi connectivity index (χ0) is 22.1. The number of nitrogens with zero attached hydrogens (tertiary/aromatic N) is 5. The highest BCUT2D eigenvalue weighted by Gasteiger charge is 2.38. The van der Waals surface area contributed by atoms with E-state index < -0.39 is 10.8 Å². The van der Waals surface area contributed by atoms with Crippen molar-refractivity contribution in [2.75, 3.05) is 35.7 Å². The number of anilines is 2. The van der Waals surface area contributed by atoms with Crippen molar-refractivity contribution in [2.24, 2.45) is 0 Å². The lowest BCUT2D eigenvalue weighted by Crippen LogP contribution is -2.49. The maximum atomic E-state index is 12.8. The molecular formula is C22H29ClN6O2S. The number of aliphatic hydroxyl groups excluding tert-OH is 1. The van der Waals surface area contributed by atoms with Gasteiger partial charge in [0.1, 0.15) is 16.5 Å². The van der Waals surface area contributed by atoms with Crippen LogP contribution in [0.4, 0.5) is 11.8 Å². The van der Waals surface area contributed by atoms with E-state index in [-0.39, 0.29) is 18.1 Å². The first-order valence-corrected chi connectivity index (χ1v) is 13.2. The molecule has 8 nitrogen and oxygen atoms in total. The third-order valence-corrected chi connectivity index (χ3v) is 8.65. The van der Waals surface area contributed by atoms with Crippen molar-refractivity contribution in [3.8, 4) is 0 Å². The summed E-state index contributed by atoms with van der Waals surface area (Å²) in [6.45, 7) is 1.72. The van der Waals surface area contributed by atoms with Gasteiger partial charge in [-0.2, -0.15) is 4.98 Å². The fourth-order valence-corrected chi connectivity index (χ4v) is 6.29. The number of aliphatic hydroxyl groups is 1. The molecule has 1 saturated carbocycles. The Morgan fingerprint density at radius 1 is 1.16 bits per heavy atom. The monoisotopic (exact) mass is 476 g/mol. The SMILES string of the molecule is O=S1CCCc2nc(N3CCCC(c4ncc(Cl)cn4)CC3)nc(NC3(CO)CCC3)c21. The van der Waals surface area contributed by atoms with Crippen molar-refractivity contribution >= 4 is 34.2 Å². The highest BCUT2D eigenvalue weighted by Crippen LogP contribution is 2.38. The van der Waals surface area contributed by atoms with Crippen LogP contribution in [0.3, 0.4) is 0 Å². The molecule has 3 aliphatic rings. The Hall–Kier alpha value is -1.84. The third kappa shape index (κ3) is 4.34. The maximum absolute atomic E-state index is 12.8. The van der Waals surface area contributed by atoms with Gasteiger partial charge in [-0.3, -0.25) is 4.21 Å². The van der Waals surface area contributed by atoms with Gasteiger partial charge in [0.25, 0.3) is 0 Å². The van der Waals surface area contributed by atoms with E-state index in [1.807, 2.05) is 0 Å². The number of rotatable bonds is 5. The second-order valence-corrected chi connectivity index (χ2v) is 11.0. The van der Waals surface area contributed by atoms with Gasteiger partial charge in [-0.25, -0.2) is 15.0 Å². The summed E-state index contributed by atoms with van der Waals surface area (Å²) in [5.74, 6) is 3.11. The van der Waals surface area contributed by atoms with Gasteiger partial charge in [-0.05, 0) is 51.4 Å². The minimum Gasteiger partial charge on any atom is -0.394 e. The summed E-state index contributed by atoms with van der Waals surface area (Å²) >= 11 is 5.95. The molecule has 2 fully saturated rings. The first-order valence-electron chi connectivity index (χ1n) is 11.5. The lowest BCUT2D eigenvalue weighted by Gasteiger charge is -2.42. The summed E-state index contributed by atoms with van der Waals surface area (Å²) in [6, 6.07) is 0. The largest absolute Gasteiger partial charge is 0.394 e. The molecule has 2 atom stereocenters. The van der Waals surface area contributed by atoms with Crippen LogP contribution >= 0.6 is 11.6 Å². The molecule has 0 spiro atoms. The van der Waals surface area contributed by atoms with Crippen molar-refractivity contribution in [1.29, 1.82) is 0 Å². The molecule has 5 rings (SSSR count). The Kier molecular flexibility index (Phi) is 6.31. The first-order chi connectivity index (χ1) is 15.6. The molecule has 2 aliphatic heterocycles. The van der Waals surface area contributed by atoms with Gasteiger partial charge in [0, 0.05) is 37.2 Å². The van der Waals surface area contributed by atoms with Crippen LogP contribution in [0.2, 0.25) is 5.02 Å². The Morgan fingerprint density at radius 2 is 1.97 bits per heavy atom. The van der Waals surface area contributed by atoms with E-state index >= 15 is 0 Å². The Balaban J connectivity index is 1.41. The highest BCUT2D eigenvalue weighted by molar-refractivity contribution is 7.85. The maximum Gasteiger partial charge on any atom is 0.227 e. The number of halogens is 1. The molecule has 2 N–H and O–H groups in total. The fraction of sp³-hybridized carbons (Fsp3) is 0.636. The molecule has 0 aromatic carbocycles. The average molecular weight is 477 g/mol. The van der Waals surface area contributed by atoms with Crippen molar-refractivity contribution in [1.82, 2.24) is 19.9 Å². The summed E-state index contributed by atoms with van der Waals surface area (Å²) in [7, 11) is -1.11. The van der Waals surface area contributed by atoms with E-state index in [9.17, 15) is 9.32 Å². The van der Waals surface area contributed by atoms with Gasteiger partial charge in [-0.1, -0.05) is 11.6 Å². The van der Waals surface area contributed by atoms with Crippen LogP contribution in [-0.2, 0) is 17.2 Å². The van der Waals surface area contributed by atoms with Crippen LogP contribution in [0.1, 0.15) is 62.4 Å². The van der Waals surface area contributed by atoms with Gasteiger partial charge in [0.2, 0.25) is 5.95 Å². The predicted octanol–water partition coefficient (Wildman–Crippen LogP) is 3.07. The molecule has 0 amide bonds. The van der Waals surface area contributed by atoms with E-state index in [1.165, 1.54) is 0 Å². The summed E-state index contributed by atoms with van der Waals surface area (Å²) in [5, 5.41) is 14.0. The Bertz CT molecular complexity index is 995. The molecule has 10 heteroatoms. The van der Waals surface area contributed by atoms with Gasteiger partial charge < -0.3 is 15.3 Å². The zero-order valence-corrected chi connectivity index (χ0v) is 19.7. The van der Waals surface area contributed by atoms with E-state index in [1.54, 1.807) is 12.4 Å². The Labute approximate surface area is 195 Å². The van der Waals surface area contributed by atoms with Gasteiger partial charge in [-0.15, -0.1) is 0 Å². The number of aromatic nitrogens is 4. The summed E-state index contributed by atoms with van der Waals surface area (Å²) in [4.78, 5) is 21.6. The molecule has 2 unspecified atom stereocenters. The van der Waals surface area contributed by atoms with Crippen molar-refractivity contribution in [2.45, 2.75) is 67.7 Å². The van der Waals surface area contributed by atoms with Crippen LogP contribution in [-0.4, -0.2) is 60.2 Å². The average Bonchev–Trinajstić information content (AvgIpc) is 3.03. The van der Waals surface area contributed by atoms with E-state index in [2.05, 4.69) is 20.2 Å². The second kappa shape index (κ2) is 9.19. The Morgan fingerprint density at radius 3 is 2.69 bits per heavy atom. The standard InChI is InChI=1S/C22H29ClN6O2S/c23-16-12-24-19(25-13-16)15-4-1-9-29(10-6-15)21-26-17-5-2-11-32(31)18(17)20(27-21)28-22(14-30)7-3-8-22/h12-13,15,30H,1-11,14H2,(H,26,27,28). The number of hydrogen-bond acceptors (Lipinski definition) is 8. The molecule has 1 aliphatic carbocycles. The molecular weight excluding hydrogens is 448 g/mol. The number of fused-ring (bicyclic) bond motifs is 1. The van der Waals surface area contributed by atoms with Crippen LogP contribution in [0.5, 0.6) is 0 Å². The topological polar surface area (TPSA) is 104 Å². The molecule has 0 bridgehead atoms. The smallest absolute Gasteiger partial charge is 0.227 e. The van der Waals surface area contributed by atoms with E-state index in [4.69, 9.17) is 21.6 Å². The van der Waals surface area contributed by atoms with Crippen LogP contribution < -0.4 is 10.2 Å². The fourth-order valence-electron chi connectivity index (χ4n) is 4.86. The third-order valence-electron chi connectivity index (χ3n) is 6.91. The summed E-state index contributed by atoms with van der Waals surface area (Å²) < 4.78 is 12.8. The molecule has 2 aromatic heterocycles. The highest BCUT2D eigenvalue weighted by atomic mass is 35.5. The molecule has 172 valence electrons. The molecule has 32 heavy (non-hydrogen) atoms. The molecule has 0 radical (unpaired) electrons. The zero-order valence-electron chi connectivity index (χ0n) is 18.1. The van der Waals surface area contributed by atoms with Gasteiger partial charge >= 0.3 is 0 Å². The van der Waals surface area contributed by atoms with E-state index in [0.717, 1.165) is 80.9 Å². The second-order valence-electron chi connectivity index (χ2n) is 9.09. The normalized spacial score (nSPS) is 24.9. The van der Waals surface area contributed by atoms with Gasteiger partial charge in [0.15, 0.2) is 0 Å². The van der Waals surface area contributed by atoms with Crippen molar-refractivity contribution in [3.05, 3.63) is 28.9 Å². The number of aryl methyl sites for hydroxylation is 1. The minimum absolute atomic E-state index is 0.0558. The van der Waals surface area contributed by atoms with E-state index in [0.29, 0.717) is 22.5 Å². The summed E-state index contributed by atoms with van der Waals surface area (Å²) in [5.41, 5.74) is 0.535.